The molecule has 0 atom stereocenters. The van der Waals surface area contributed by atoms with Crippen molar-refractivity contribution in [1.82, 2.24) is 14.7 Å². The maximum absolute atomic E-state index is 12.4. The first-order valence-electron chi connectivity index (χ1n) is 14.5. The molecule has 3 fully saturated rings. The number of benzene rings is 2. The second-order valence-electron chi connectivity index (χ2n) is 11.6. The number of anilines is 2. The van der Waals surface area contributed by atoms with Gasteiger partial charge in [0, 0.05) is 56.7 Å². The number of Topliss-reactive ketones (excluding diaryl/α,β-unsaturated/α-hetero) is 1. The number of hydrogen-bond donors (Lipinski definition) is 6. The Balaban J connectivity index is 0.000000159. The van der Waals surface area contributed by atoms with Crippen LogP contribution >= 0.6 is 0 Å². The first-order chi connectivity index (χ1) is 20.4. The van der Waals surface area contributed by atoms with Crippen LogP contribution in [0, 0.1) is 27.7 Å². The summed E-state index contributed by atoms with van der Waals surface area (Å²) in [7, 11) is 0. The highest BCUT2D eigenvalue weighted by Gasteiger charge is 2.43. The Kier molecular flexibility index (Phi) is 9.50. The first-order valence-corrected chi connectivity index (χ1v) is 14.5. The van der Waals surface area contributed by atoms with Gasteiger partial charge in [-0.2, -0.15) is 0 Å². The standard InChI is InChI=1S/C16H20N2.C12H13N3O2.C4H11NO3/c1-9-11(3)15(17)7-5-13(9)14-6-8-16(18)12(4)10(14)2;16-9-7-8(13-1-2-13)12(17)11(15-5-6-15)10(9)14-3-4-14;5-4(1-6,2-7)3-8/h5-8H,17-18H2,1-4H3;7H,1-6H2;6-8H,1-3,5H2. The van der Waals surface area contributed by atoms with Crippen LogP contribution in [0.15, 0.2) is 47.4 Å². The molecule has 3 saturated heterocycles. The van der Waals surface area contributed by atoms with E-state index in [4.69, 9.17) is 32.5 Å². The average molecular weight is 593 g/mol. The van der Waals surface area contributed by atoms with E-state index in [0.717, 1.165) is 61.8 Å². The summed E-state index contributed by atoms with van der Waals surface area (Å²) in [6, 6.07) is 8.14. The van der Waals surface area contributed by atoms with E-state index in [9.17, 15) is 9.59 Å². The van der Waals surface area contributed by atoms with Crippen LogP contribution in [0.25, 0.3) is 11.1 Å². The molecule has 2 aromatic rings. The number of nitrogens with zero attached hydrogens (tertiary/aromatic N) is 3. The first kappa shape index (κ1) is 32.0. The van der Waals surface area contributed by atoms with Crippen molar-refractivity contribution in [1.29, 1.82) is 0 Å². The van der Waals surface area contributed by atoms with Crippen LogP contribution in [0.1, 0.15) is 22.3 Å². The van der Waals surface area contributed by atoms with Gasteiger partial charge in [-0.05, 0) is 73.2 Å². The molecule has 3 aliphatic heterocycles. The van der Waals surface area contributed by atoms with Crippen molar-refractivity contribution in [2.24, 2.45) is 5.73 Å². The maximum atomic E-state index is 12.4. The molecular weight excluding hydrogens is 548 g/mol. The van der Waals surface area contributed by atoms with Crippen molar-refractivity contribution in [2.75, 3.05) is 70.6 Å². The summed E-state index contributed by atoms with van der Waals surface area (Å²) >= 11 is 0. The van der Waals surface area contributed by atoms with E-state index in [2.05, 4.69) is 39.8 Å². The Hall–Kier alpha value is -3.90. The summed E-state index contributed by atoms with van der Waals surface area (Å²) < 4.78 is 0. The van der Waals surface area contributed by atoms with E-state index in [1.807, 2.05) is 26.8 Å². The Bertz CT molecular complexity index is 1400. The largest absolute Gasteiger partial charge is 0.399 e. The van der Waals surface area contributed by atoms with Gasteiger partial charge in [-0.1, -0.05) is 12.1 Å². The summed E-state index contributed by atoms with van der Waals surface area (Å²) in [5.41, 5.74) is 26.7. The van der Waals surface area contributed by atoms with E-state index in [-0.39, 0.29) is 11.6 Å². The number of aliphatic hydroxyl groups is 3. The molecule has 0 saturated carbocycles. The monoisotopic (exact) mass is 592 g/mol. The van der Waals surface area contributed by atoms with Crippen LogP contribution in [0.4, 0.5) is 11.4 Å². The molecule has 0 spiro atoms. The zero-order chi connectivity index (χ0) is 31.6. The molecule has 11 nitrogen and oxygen atoms in total. The van der Waals surface area contributed by atoms with Crippen LogP contribution in [-0.4, -0.2) is 106 Å². The molecule has 0 unspecified atom stereocenters. The van der Waals surface area contributed by atoms with E-state index in [1.165, 1.54) is 28.3 Å². The number of aliphatic hydroxyl groups excluding tert-OH is 3. The quantitative estimate of drug-likeness (QED) is 0.150. The van der Waals surface area contributed by atoms with E-state index in [1.54, 1.807) is 0 Å². The lowest BCUT2D eigenvalue weighted by Crippen LogP contribution is -2.50. The van der Waals surface area contributed by atoms with Crippen molar-refractivity contribution >= 4 is 22.9 Å². The van der Waals surface area contributed by atoms with Gasteiger partial charge in [-0.3, -0.25) is 9.59 Å². The zero-order valence-electron chi connectivity index (χ0n) is 25.5. The van der Waals surface area contributed by atoms with Crippen molar-refractivity contribution in [2.45, 2.75) is 33.2 Å². The fourth-order valence-corrected chi connectivity index (χ4v) is 4.69. The lowest BCUT2D eigenvalue weighted by Gasteiger charge is -2.21. The smallest absolute Gasteiger partial charge is 0.227 e. The summed E-state index contributed by atoms with van der Waals surface area (Å²) in [6.45, 7) is 12.6. The normalized spacial score (nSPS) is 17.2. The van der Waals surface area contributed by atoms with Gasteiger partial charge in [0.2, 0.25) is 11.6 Å². The van der Waals surface area contributed by atoms with Crippen molar-refractivity contribution in [3.63, 3.8) is 0 Å². The minimum absolute atomic E-state index is 0.00546. The predicted octanol–water partition coefficient (Wildman–Crippen LogP) is 0.593. The zero-order valence-corrected chi connectivity index (χ0v) is 25.5. The fourth-order valence-electron chi connectivity index (χ4n) is 4.69. The predicted molar refractivity (Wildman–Crippen MR) is 168 cm³/mol. The molecule has 232 valence electrons. The second kappa shape index (κ2) is 12.8. The minimum Gasteiger partial charge on any atom is -0.399 e. The molecule has 9 N–H and O–H groups in total. The molecule has 1 aliphatic carbocycles. The number of carbonyl (C=O) groups excluding carboxylic acids is 2. The number of ketones is 2. The van der Waals surface area contributed by atoms with Crippen LogP contribution in [0.2, 0.25) is 0 Å². The molecule has 11 heteroatoms. The van der Waals surface area contributed by atoms with Crippen molar-refractivity contribution in [3.8, 4) is 11.1 Å². The number of nitrogens with two attached hydrogens (primary N) is 3. The molecular formula is C32H44N6O5. The number of allylic oxidation sites excluding steroid dienone is 1. The van der Waals surface area contributed by atoms with Gasteiger partial charge in [-0.25, -0.2) is 0 Å². The van der Waals surface area contributed by atoms with Crippen LogP contribution in [0.3, 0.4) is 0 Å². The third kappa shape index (κ3) is 7.02. The maximum Gasteiger partial charge on any atom is 0.227 e. The lowest BCUT2D eigenvalue weighted by molar-refractivity contribution is -0.117. The molecule has 3 heterocycles. The van der Waals surface area contributed by atoms with Crippen molar-refractivity contribution < 1.29 is 24.9 Å². The van der Waals surface area contributed by atoms with Gasteiger partial charge in [0.15, 0.2) is 0 Å². The van der Waals surface area contributed by atoms with Gasteiger partial charge < -0.3 is 47.2 Å². The Morgan fingerprint density at radius 2 is 1.05 bits per heavy atom. The Morgan fingerprint density at radius 1 is 0.651 bits per heavy atom. The number of nitrogen functional groups attached to an aromatic ring is 2. The molecule has 2 aromatic carbocycles. The molecule has 43 heavy (non-hydrogen) atoms. The van der Waals surface area contributed by atoms with E-state index < -0.39 is 25.4 Å². The number of hydrogen-bond acceptors (Lipinski definition) is 11. The lowest BCUT2D eigenvalue weighted by atomic mass is 9.91. The topological polar surface area (TPSA) is 182 Å². The molecule has 4 aliphatic rings. The molecule has 0 amide bonds. The highest BCUT2D eigenvalue weighted by atomic mass is 16.3. The third-order valence-corrected chi connectivity index (χ3v) is 8.38. The number of carbonyl (C=O) groups is 2. The van der Waals surface area contributed by atoms with Gasteiger partial charge in [0.1, 0.15) is 11.4 Å². The summed E-state index contributed by atoms with van der Waals surface area (Å²) in [5, 5.41) is 25.0. The molecule has 6 rings (SSSR count). The third-order valence-electron chi connectivity index (χ3n) is 8.38. The van der Waals surface area contributed by atoms with Gasteiger partial charge >= 0.3 is 0 Å². The highest BCUT2D eigenvalue weighted by molar-refractivity contribution is 6.22. The summed E-state index contributed by atoms with van der Waals surface area (Å²) in [6.07, 6.45) is 1.52. The second-order valence-corrected chi connectivity index (χ2v) is 11.6. The van der Waals surface area contributed by atoms with Gasteiger partial charge in [0.25, 0.3) is 0 Å². The fraction of sp³-hybridized carbons (Fsp3) is 0.438. The highest BCUT2D eigenvalue weighted by Crippen LogP contribution is 2.35. The Labute approximate surface area is 252 Å². The molecule has 0 bridgehead atoms. The Morgan fingerprint density at radius 3 is 1.40 bits per heavy atom. The SMILES string of the molecule is Cc1c(N)ccc(-c2ccc(N)c(C)c2C)c1C.NC(CO)(CO)CO.O=C1C=C(N2CC2)C(=O)C(N2CC2)=C1N1CC1. The van der Waals surface area contributed by atoms with Gasteiger partial charge in [0.05, 0.1) is 31.1 Å². The summed E-state index contributed by atoms with van der Waals surface area (Å²) in [5.74, 6) is 0.0485. The van der Waals surface area contributed by atoms with E-state index >= 15 is 0 Å². The molecule has 0 aromatic heterocycles. The average Bonchev–Trinajstić information content (AvgIpc) is 3.84. The van der Waals surface area contributed by atoms with Crippen molar-refractivity contribution in [3.05, 3.63) is 69.7 Å². The van der Waals surface area contributed by atoms with Crippen LogP contribution < -0.4 is 17.2 Å². The van der Waals surface area contributed by atoms with Gasteiger partial charge in [-0.15, -0.1) is 0 Å². The van der Waals surface area contributed by atoms with Crippen LogP contribution in [-0.2, 0) is 9.59 Å². The number of rotatable bonds is 7. The minimum atomic E-state index is -1.21. The van der Waals surface area contributed by atoms with E-state index in [0.29, 0.717) is 17.1 Å². The summed E-state index contributed by atoms with van der Waals surface area (Å²) in [4.78, 5) is 30.5. The molecule has 0 radical (unpaired) electrons. The van der Waals surface area contributed by atoms with Crippen LogP contribution in [0.5, 0.6) is 0 Å².